The van der Waals surface area contributed by atoms with Crippen molar-refractivity contribution in [3.05, 3.63) is 28.2 Å². The summed E-state index contributed by atoms with van der Waals surface area (Å²) in [5.74, 6) is -1.18. The van der Waals surface area contributed by atoms with Crippen molar-refractivity contribution in [2.45, 2.75) is 0 Å². The Morgan fingerprint density at radius 2 is 1.76 bits per heavy atom. The zero-order valence-corrected chi connectivity index (χ0v) is 12.1. The zero-order valence-electron chi connectivity index (χ0n) is 10.6. The van der Waals surface area contributed by atoms with Crippen LogP contribution in [0.25, 0.3) is 0 Å². The van der Waals surface area contributed by atoms with Crippen LogP contribution < -0.4 is 21.9 Å². The van der Waals surface area contributed by atoms with Crippen LogP contribution in [0.5, 0.6) is 0 Å². The van der Waals surface area contributed by atoms with E-state index in [0.29, 0.717) is 10.7 Å². The van der Waals surface area contributed by atoms with Gasteiger partial charge in [-0.2, -0.15) is 0 Å². The first-order chi connectivity index (χ1) is 9.90. The molecular formula is C11H12Cl2N4O4. The number of halogens is 2. The third kappa shape index (κ3) is 6.30. The fraction of sp³-hybridized carbons (Fsp3) is 0.182. The minimum atomic E-state index is -0.920. The molecule has 0 spiro atoms. The molecule has 8 nitrogen and oxygen atoms in total. The number of rotatable bonds is 5. The van der Waals surface area contributed by atoms with Crippen molar-refractivity contribution < 1.29 is 19.1 Å². The van der Waals surface area contributed by atoms with Crippen LogP contribution in [0.4, 0.5) is 10.5 Å². The Bertz CT molecular complexity index is 553. The lowest BCUT2D eigenvalue weighted by molar-refractivity contribution is -0.129. The van der Waals surface area contributed by atoms with Gasteiger partial charge in [-0.05, 0) is 12.1 Å². The normalized spacial score (nSPS) is 9.81. The molecule has 0 atom stereocenters. The molecule has 0 fully saturated rings. The van der Waals surface area contributed by atoms with E-state index in [0.717, 1.165) is 0 Å². The van der Waals surface area contributed by atoms with E-state index in [2.05, 4.69) is 5.32 Å². The molecule has 0 aliphatic rings. The predicted octanol–water partition coefficient (Wildman–Crippen LogP) is 0.648. The number of amides is 4. The number of carbonyl (C=O) groups is 3. The van der Waals surface area contributed by atoms with Gasteiger partial charge in [0.2, 0.25) is 5.91 Å². The van der Waals surface area contributed by atoms with Gasteiger partial charge in [0.25, 0.3) is 5.91 Å². The molecule has 10 heteroatoms. The molecule has 21 heavy (non-hydrogen) atoms. The van der Waals surface area contributed by atoms with Crippen molar-refractivity contribution in [2.24, 2.45) is 5.73 Å². The largest absolute Gasteiger partial charge is 0.362 e. The van der Waals surface area contributed by atoms with E-state index in [1.54, 1.807) is 18.2 Å². The van der Waals surface area contributed by atoms with Crippen molar-refractivity contribution in [2.75, 3.05) is 18.5 Å². The van der Waals surface area contributed by atoms with Crippen molar-refractivity contribution in [3.8, 4) is 0 Å². The second-order valence-corrected chi connectivity index (χ2v) is 4.46. The molecule has 0 aliphatic heterocycles. The van der Waals surface area contributed by atoms with Crippen molar-refractivity contribution in [3.63, 3.8) is 0 Å². The summed E-state index contributed by atoms with van der Waals surface area (Å²) in [7, 11) is 0. The van der Waals surface area contributed by atoms with E-state index in [9.17, 15) is 14.4 Å². The maximum absolute atomic E-state index is 11.6. The van der Waals surface area contributed by atoms with Crippen LogP contribution in [0.2, 0.25) is 10.0 Å². The molecule has 1 aromatic carbocycles. The van der Waals surface area contributed by atoms with Gasteiger partial charge in [0, 0.05) is 0 Å². The smallest absolute Gasteiger partial charge is 0.330 e. The molecule has 0 radical (unpaired) electrons. The zero-order chi connectivity index (χ0) is 15.8. The van der Waals surface area contributed by atoms with Gasteiger partial charge in [-0.25, -0.2) is 10.2 Å². The van der Waals surface area contributed by atoms with Gasteiger partial charge in [0.1, 0.15) is 13.2 Å². The number of benzene rings is 1. The second kappa shape index (κ2) is 8.30. The molecule has 0 aliphatic carbocycles. The van der Waals surface area contributed by atoms with Gasteiger partial charge in [-0.1, -0.05) is 29.3 Å². The Morgan fingerprint density at radius 3 is 2.43 bits per heavy atom. The third-order valence-electron chi connectivity index (χ3n) is 2.02. The third-order valence-corrected chi connectivity index (χ3v) is 2.84. The fourth-order valence-electron chi connectivity index (χ4n) is 1.19. The standard InChI is InChI=1S/C11H12Cl2N4O4/c12-6-2-1-3-7(10(6)13)15-8(18)4-21-5-9(19)16-17-11(14)20/h1-3H,4-5H2,(H,15,18)(H,16,19)(H3,14,17,20). The Hall–Kier alpha value is -2.03. The number of primary amides is 1. The number of ether oxygens (including phenoxy) is 1. The monoisotopic (exact) mass is 334 g/mol. The average molecular weight is 335 g/mol. The van der Waals surface area contributed by atoms with E-state index in [1.807, 2.05) is 10.9 Å². The minimum Gasteiger partial charge on any atom is -0.362 e. The lowest BCUT2D eigenvalue weighted by Crippen LogP contribution is -2.46. The van der Waals surface area contributed by atoms with Gasteiger partial charge in [0.05, 0.1) is 15.7 Å². The van der Waals surface area contributed by atoms with Crippen LogP contribution in [-0.2, 0) is 14.3 Å². The van der Waals surface area contributed by atoms with Gasteiger partial charge in [-0.15, -0.1) is 0 Å². The van der Waals surface area contributed by atoms with Gasteiger partial charge >= 0.3 is 6.03 Å². The molecule has 0 heterocycles. The van der Waals surface area contributed by atoms with Crippen molar-refractivity contribution in [1.82, 2.24) is 10.9 Å². The molecule has 0 aromatic heterocycles. The summed E-state index contributed by atoms with van der Waals surface area (Å²) < 4.78 is 4.84. The summed E-state index contributed by atoms with van der Waals surface area (Å²) in [4.78, 5) is 33.0. The van der Waals surface area contributed by atoms with Gasteiger partial charge < -0.3 is 15.8 Å². The summed E-state index contributed by atoms with van der Waals surface area (Å²) in [6.45, 7) is -0.816. The molecule has 5 N–H and O–H groups in total. The quantitative estimate of drug-likeness (QED) is 0.590. The predicted molar refractivity (Wildman–Crippen MR) is 76.8 cm³/mol. The highest BCUT2D eigenvalue weighted by Crippen LogP contribution is 2.29. The first kappa shape index (κ1) is 17.0. The molecule has 4 amide bonds. The molecule has 0 bridgehead atoms. The Labute approximate surface area is 129 Å². The van der Waals surface area contributed by atoms with E-state index in [1.165, 1.54) is 0 Å². The molecule has 0 saturated carbocycles. The molecule has 114 valence electrons. The summed E-state index contributed by atoms with van der Waals surface area (Å²) in [5.41, 5.74) is 8.90. The highest BCUT2D eigenvalue weighted by molar-refractivity contribution is 6.43. The molecule has 1 aromatic rings. The Balaban J connectivity index is 2.33. The van der Waals surface area contributed by atoms with Crippen molar-refractivity contribution >= 4 is 46.7 Å². The molecule has 0 saturated heterocycles. The topological polar surface area (TPSA) is 123 Å². The summed E-state index contributed by atoms with van der Waals surface area (Å²) in [6, 6.07) is 3.84. The van der Waals surface area contributed by atoms with Gasteiger partial charge in [-0.3, -0.25) is 15.0 Å². The summed E-state index contributed by atoms with van der Waals surface area (Å²) >= 11 is 11.7. The van der Waals surface area contributed by atoms with E-state index in [-0.39, 0.29) is 11.6 Å². The lowest BCUT2D eigenvalue weighted by Gasteiger charge is -2.09. The number of urea groups is 1. The first-order valence-electron chi connectivity index (χ1n) is 5.56. The Morgan fingerprint density at radius 1 is 1.10 bits per heavy atom. The van der Waals surface area contributed by atoms with Gasteiger partial charge in [0.15, 0.2) is 0 Å². The minimum absolute atomic E-state index is 0.205. The summed E-state index contributed by atoms with van der Waals surface area (Å²) in [6.07, 6.45) is 0. The number of hydrazine groups is 1. The Kier molecular flexibility index (Phi) is 6.73. The number of hydrogen-bond acceptors (Lipinski definition) is 4. The number of carbonyl (C=O) groups excluding carboxylic acids is 3. The maximum atomic E-state index is 11.6. The maximum Gasteiger partial charge on any atom is 0.330 e. The van der Waals surface area contributed by atoms with Crippen LogP contribution in [0.15, 0.2) is 18.2 Å². The van der Waals surface area contributed by atoms with E-state index >= 15 is 0 Å². The number of nitrogens with one attached hydrogen (secondary N) is 3. The molecule has 1 rings (SSSR count). The number of hydrogen-bond donors (Lipinski definition) is 4. The van der Waals surface area contributed by atoms with E-state index in [4.69, 9.17) is 33.7 Å². The number of nitrogens with two attached hydrogens (primary N) is 1. The summed E-state index contributed by atoms with van der Waals surface area (Å²) in [5, 5.41) is 2.98. The van der Waals surface area contributed by atoms with Crippen molar-refractivity contribution in [1.29, 1.82) is 0 Å². The van der Waals surface area contributed by atoms with Crippen LogP contribution in [-0.4, -0.2) is 31.1 Å². The highest BCUT2D eigenvalue weighted by atomic mass is 35.5. The molecule has 0 unspecified atom stereocenters. The van der Waals surface area contributed by atoms with Crippen LogP contribution in [0.3, 0.4) is 0 Å². The van der Waals surface area contributed by atoms with Crippen LogP contribution >= 0.6 is 23.2 Å². The highest BCUT2D eigenvalue weighted by Gasteiger charge is 2.09. The van der Waals surface area contributed by atoms with Crippen LogP contribution in [0.1, 0.15) is 0 Å². The van der Waals surface area contributed by atoms with E-state index < -0.39 is 24.5 Å². The fourth-order valence-corrected chi connectivity index (χ4v) is 1.54. The molecular weight excluding hydrogens is 323 g/mol. The SMILES string of the molecule is NC(=O)NNC(=O)COCC(=O)Nc1cccc(Cl)c1Cl. The number of anilines is 1. The van der Waals surface area contributed by atoms with Crippen LogP contribution in [0, 0.1) is 0 Å². The average Bonchev–Trinajstić information content (AvgIpc) is 2.41. The first-order valence-corrected chi connectivity index (χ1v) is 6.31. The second-order valence-electron chi connectivity index (χ2n) is 3.68. The lowest BCUT2D eigenvalue weighted by atomic mass is 10.3.